The normalized spacial score (nSPS) is 15.9. The number of imide groups is 1. The van der Waals surface area contributed by atoms with Crippen molar-refractivity contribution in [3.05, 3.63) is 29.6 Å². The molecule has 1 aliphatic rings. The molecule has 1 aromatic rings. The predicted molar refractivity (Wildman–Crippen MR) is 55.6 cm³/mol. The Morgan fingerprint density at radius 1 is 1.25 bits per heavy atom. The molecule has 0 bridgehead atoms. The van der Waals surface area contributed by atoms with Crippen LogP contribution in [-0.2, 0) is 16.1 Å². The first-order chi connectivity index (χ1) is 7.58. The molecule has 1 aromatic carbocycles. The SMILES string of the molecule is Nc1ccc(CN2C(=O)CCC2=O)c(F)c1. The number of benzene rings is 1. The van der Waals surface area contributed by atoms with E-state index in [1.54, 1.807) is 6.07 Å². The molecule has 1 saturated heterocycles. The van der Waals surface area contributed by atoms with E-state index in [-0.39, 0.29) is 31.2 Å². The quantitative estimate of drug-likeness (QED) is 0.601. The number of amides is 2. The van der Waals surface area contributed by atoms with Crippen LogP contribution in [0.4, 0.5) is 10.1 Å². The molecule has 0 aliphatic carbocycles. The first kappa shape index (κ1) is 10.6. The third-order valence-corrected chi connectivity index (χ3v) is 2.56. The number of nitrogen functional groups attached to an aromatic ring is 1. The summed E-state index contributed by atoms with van der Waals surface area (Å²) in [5, 5.41) is 0. The number of nitrogens with zero attached hydrogens (tertiary/aromatic N) is 1. The first-order valence-corrected chi connectivity index (χ1v) is 4.95. The highest BCUT2D eigenvalue weighted by molar-refractivity contribution is 6.01. The van der Waals surface area contributed by atoms with Gasteiger partial charge >= 0.3 is 0 Å². The maximum Gasteiger partial charge on any atom is 0.229 e. The van der Waals surface area contributed by atoms with E-state index < -0.39 is 5.82 Å². The Labute approximate surface area is 91.8 Å². The maximum absolute atomic E-state index is 13.4. The van der Waals surface area contributed by atoms with Gasteiger partial charge in [-0.2, -0.15) is 0 Å². The van der Waals surface area contributed by atoms with Gasteiger partial charge in [0.2, 0.25) is 11.8 Å². The van der Waals surface area contributed by atoms with E-state index >= 15 is 0 Å². The molecule has 1 aliphatic heterocycles. The third-order valence-electron chi connectivity index (χ3n) is 2.56. The molecule has 16 heavy (non-hydrogen) atoms. The van der Waals surface area contributed by atoms with E-state index in [1.807, 2.05) is 0 Å². The molecule has 0 aromatic heterocycles. The lowest BCUT2D eigenvalue weighted by Gasteiger charge is -2.14. The molecular formula is C11H11FN2O2. The van der Waals surface area contributed by atoms with Crippen LogP contribution >= 0.6 is 0 Å². The van der Waals surface area contributed by atoms with E-state index in [4.69, 9.17) is 5.73 Å². The highest BCUT2D eigenvalue weighted by atomic mass is 19.1. The minimum atomic E-state index is -0.493. The van der Waals surface area contributed by atoms with Gasteiger partial charge in [-0.05, 0) is 12.1 Å². The zero-order valence-electron chi connectivity index (χ0n) is 8.57. The van der Waals surface area contributed by atoms with Crippen molar-refractivity contribution in [1.29, 1.82) is 0 Å². The van der Waals surface area contributed by atoms with Gasteiger partial charge in [0.1, 0.15) is 5.82 Å². The zero-order valence-corrected chi connectivity index (χ0v) is 8.57. The summed E-state index contributed by atoms with van der Waals surface area (Å²) >= 11 is 0. The minimum Gasteiger partial charge on any atom is -0.399 e. The predicted octanol–water partition coefficient (Wildman–Crippen LogP) is 1.06. The largest absolute Gasteiger partial charge is 0.399 e. The molecule has 4 nitrogen and oxygen atoms in total. The molecule has 0 saturated carbocycles. The zero-order chi connectivity index (χ0) is 11.7. The Kier molecular flexibility index (Phi) is 2.60. The van der Waals surface area contributed by atoms with Crippen LogP contribution in [0.25, 0.3) is 0 Å². The Hall–Kier alpha value is -1.91. The van der Waals surface area contributed by atoms with Gasteiger partial charge < -0.3 is 5.73 Å². The van der Waals surface area contributed by atoms with E-state index in [9.17, 15) is 14.0 Å². The van der Waals surface area contributed by atoms with Crippen LogP contribution in [0.2, 0.25) is 0 Å². The topological polar surface area (TPSA) is 63.4 Å². The lowest BCUT2D eigenvalue weighted by molar-refractivity contribution is -0.139. The molecular weight excluding hydrogens is 211 g/mol. The fraction of sp³-hybridized carbons (Fsp3) is 0.273. The monoisotopic (exact) mass is 222 g/mol. The van der Waals surface area contributed by atoms with Crippen LogP contribution in [0.3, 0.4) is 0 Å². The molecule has 0 atom stereocenters. The van der Waals surface area contributed by atoms with Gasteiger partial charge in [-0.3, -0.25) is 14.5 Å². The third kappa shape index (κ3) is 1.88. The number of rotatable bonds is 2. The molecule has 84 valence electrons. The number of hydrogen-bond acceptors (Lipinski definition) is 3. The van der Waals surface area contributed by atoms with Crippen molar-refractivity contribution in [3.8, 4) is 0 Å². The number of anilines is 1. The maximum atomic E-state index is 13.4. The van der Waals surface area contributed by atoms with E-state index in [2.05, 4.69) is 0 Å². The van der Waals surface area contributed by atoms with Gasteiger partial charge in [-0.25, -0.2) is 4.39 Å². The summed E-state index contributed by atoms with van der Waals surface area (Å²) in [6, 6.07) is 4.22. The Bertz CT molecular complexity index is 443. The van der Waals surface area contributed by atoms with E-state index in [1.165, 1.54) is 12.1 Å². The Morgan fingerprint density at radius 3 is 2.44 bits per heavy atom. The fourth-order valence-corrected chi connectivity index (χ4v) is 1.66. The average molecular weight is 222 g/mol. The summed E-state index contributed by atoms with van der Waals surface area (Å²) < 4.78 is 13.4. The number of halogens is 1. The molecule has 0 unspecified atom stereocenters. The van der Waals surface area contributed by atoms with Gasteiger partial charge in [-0.15, -0.1) is 0 Å². The minimum absolute atomic E-state index is 0.0101. The summed E-state index contributed by atoms with van der Waals surface area (Å²) in [6.07, 6.45) is 0.435. The second-order valence-electron chi connectivity index (χ2n) is 3.72. The average Bonchev–Trinajstić information content (AvgIpc) is 2.53. The number of carbonyl (C=O) groups excluding carboxylic acids is 2. The summed E-state index contributed by atoms with van der Waals surface area (Å²) in [5.41, 5.74) is 6.03. The van der Waals surface area contributed by atoms with Crippen molar-refractivity contribution in [2.45, 2.75) is 19.4 Å². The highest BCUT2D eigenvalue weighted by Crippen LogP contribution is 2.18. The van der Waals surface area contributed by atoms with Crippen molar-refractivity contribution in [1.82, 2.24) is 4.90 Å². The van der Waals surface area contributed by atoms with Crippen molar-refractivity contribution < 1.29 is 14.0 Å². The number of hydrogen-bond donors (Lipinski definition) is 1. The summed E-state index contributed by atoms with van der Waals surface area (Å²) in [5.74, 6) is -0.991. The smallest absolute Gasteiger partial charge is 0.229 e. The van der Waals surface area contributed by atoms with Crippen LogP contribution in [0.1, 0.15) is 18.4 Å². The van der Waals surface area contributed by atoms with Crippen molar-refractivity contribution in [2.75, 3.05) is 5.73 Å². The van der Waals surface area contributed by atoms with Crippen LogP contribution < -0.4 is 5.73 Å². The van der Waals surface area contributed by atoms with Crippen LogP contribution in [0.15, 0.2) is 18.2 Å². The van der Waals surface area contributed by atoms with Crippen LogP contribution in [0.5, 0.6) is 0 Å². The lowest BCUT2D eigenvalue weighted by atomic mass is 10.2. The molecule has 0 radical (unpaired) electrons. The Balaban J connectivity index is 2.20. The molecule has 0 spiro atoms. The first-order valence-electron chi connectivity index (χ1n) is 4.95. The van der Waals surface area contributed by atoms with Gasteiger partial charge in [-0.1, -0.05) is 6.07 Å². The fourth-order valence-electron chi connectivity index (χ4n) is 1.66. The second-order valence-corrected chi connectivity index (χ2v) is 3.72. The van der Waals surface area contributed by atoms with Crippen molar-refractivity contribution in [2.24, 2.45) is 0 Å². The molecule has 1 fully saturated rings. The van der Waals surface area contributed by atoms with Crippen LogP contribution in [0, 0.1) is 5.82 Å². The van der Waals surface area contributed by atoms with Gasteiger partial charge in [0.05, 0.1) is 6.54 Å². The summed E-state index contributed by atoms with van der Waals surface area (Å²) in [7, 11) is 0. The molecule has 2 rings (SSSR count). The van der Waals surface area contributed by atoms with Crippen molar-refractivity contribution in [3.63, 3.8) is 0 Å². The van der Waals surface area contributed by atoms with E-state index in [0.29, 0.717) is 11.3 Å². The number of carbonyl (C=O) groups is 2. The van der Waals surface area contributed by atoms with Crippen LogP contribution in [-0.4, -0.2) is 16.7 Å². The molecule has 1 heterocycles. The van der Waals surface area contributed by atoms with Gasteiger partial charge in [0, 0.05) is 24.1 Å². The molecule has 5 heteroatoms. The summed E-state index contributed by atoms with van der Waals surface area (Å²) in [6.45, 7) is -0.0101. The second kappa shape index (κ2) is 3.92. The highest BCUT2D eigenvalue weighted by Gasteiger charge is 2.29. The Morgan fingerprint density at radius 2 is 1.88 bits per heavy atom. The molecule has 2 amide bonds. The summed E-state index contributed by atoms with van der Waals surface area (Å²) in [4.78, 5) is 23.7. The van der Waals surface area contributed by atoms with Gasteiger partial charge in [0.25, 0.3) is 0 Å². The lowest BCUT2D eigenvalue weighted by Crippen LogP contribution is -2.28. The van der Waals surface area contributed by atoms with Gasteiger partial charge in [0.15, 0.2) is 0 Å². The van der Waals surface area contributed by atoms with Crippen molar-refractivity contribution >= 4 is 17.5 Å². The molecule has 2 N–H and O–H groups in total. The standard InChI is InChI=1S/C11H11FN2O2/c12-9-5-8(13)2-1-7(9)6-14-10(15)3-4-11(14)16/h1-2,5H,3-4,6,13H2. The number of likely N-dealkylation sites (tertiary alicyclic amines) is 1. The number of nitrogens with two attached hydrogens (primary N) is 1. The van der Waals surface area contributed by atoms with E-state index in [0.717, 1.165) is 4.90 Å².